The number of carbonyl (C=O) groups excluding carboxylic acids is 2. The van der Waals surface area contributed by atoms with Crippen LogP contribution in [0.1, 0.15) is 43.8 Å². The summed E-state index contributed by atoms with van der Waals surface area (Å²) in [4.78, 5) is 44.6. The molecule has 0 saturated heterocycles. The molecule has 286 valence electrons. The maximum absolute atomic E-state index is 13.4. The van der Waals surface area contributed by atoms with Gasteiger partial charge < -0.3 is 10.6 Å². The van der Waals surface area contributed by atoms with Crippen molar-refractivity contribution in [1.82, 2.24) is 19.9 Å². The number of amides is 2. The van der Waals surface area contributed by atoms with Gasteiger partial charge in [0.2, 0.25) is 0 Å². The monoisotopic (exact) mass is 826 g/mol. The molecular formula is C38H34N8O6S4. The van der Waals surface area contributed by atoms with Gasteiger partial charge >= 0.3 is 0 Å². The molecule has 0 radical (unpaired) electrons. The smallest absolute Gasteiger partial charge is 0.263 e. The molecule has 0 fully saturated rings. The van der Waals surface area contributed by atoms with Crippen molar-refractivity contribution >= 4 is 76.5 Å². The quantitative estimate of drug-likeness (QED) is 0.0842. The molecule has 0 spiro atoms. The fraction of sp³-hybridized carbons (Fsp3) is 0.105. The first kappa shape index (κ1) is 39.9. The maximum atomic E-state index is 13.4. The van der Waals surface area contributed by atoms with Crippen LogP contribution in [0, 0.1) is 27.7 Å². The van der Waals surface area contributed by atoms with Gasteiger partial charge in [-0.05, 0) is 100 Å². The van der Waals surface area contributed by atoms with Crippen molar-refractivity contribution in [2.75, 3.05) is 20.1 Å². The van der Waals surface area contributed by atoms with Gasteiger partial charge in [-0.1, -0.05) is 45.9 Å². The number of nitrogens with one attached hydrogen (secondary N) is 4. The van der Waals surface area contributed by atoms with E-state index in [0.29, 0.717) is 55.3 Å². The second-order valence-corrected chi connectivity index (χ2v) is 17.8. The largest absolute Gasteiger partial charge is 0.322 e. The highest BCUT2D eigenvalue weighted by atomic mass is 33.1. The van der Waals surface area contributed by atoms with Crippen LogP contribution in [-0.4, -0.2) is 48.6 Å². The van der Waals surface area contributed by atoms with Crippen LogP contribution in [-0.2, 0) is 20.0 Å². The standard InChI is InChI=1S/C38H34N8O6S4/c1-23-21-35(41-25(3)39-23)45-55(49,50)29-17-13-27(14-18-29)43-37(47)31-9-5-7-11-33(31)53-54-34-12-8-6-10-32(34)38(48)44-28-15-19-30(20-16-28)56(51,52)46-36-22-24(2)40-26(4)42-36/h5-22H,1-4H3,(H,43,47)(H,44,48)(H,39,41,45)(H,40,42,46). The third-order valence-electron chi connectivity index (χ3n) is 7.74. The van der Waals surface area contributed by atoms with Gasteiger partial charge in [0.25, 0.3) is 31.9 Å². The lowest BCUT2D eigenvalue weighted by molar-refractivity contribution is 0.101. The Hall–Kier alpha value is -5.82. The van der Waals surface area contributed by atoms with Crippen LogP contribution >= 0.6 is 21.6 Å². The summed E-state index contributed by atoms with van der Waals surface area (Å²) in [5.41, 5.74) is 2.75. The first-order chi connectivity index (χ1) is 26.6. The SMILES string of the molecule is Cc1cc(NS(=O)(=O)c2ccc(NC(=O)c3ccccc3SSc3ccccc3C(=O)Nc3ccc(S(=O)(=O)Nc4cc(C)nc(C)n4)cc3)cc2)nc(C)n1. The molecular weight excluding hydrogens is 793 g/mol. The molecule has 0 aliphatic rings. The van der Waals surface area contributed by atoms with E-state index in [1.54, 1.807) is 76.2 Å². The van der Waals surface area contributed by atoms with E-state index in [1.807, 2.05) is 0 Å². The van der Waals surface area contributed by atoms with Crippen molar-refractivity contribution in [1.29, 1.82) is 0 Å². The number of aryl methyl sites for hydroxylation is 4. The second-order valence-electron chi connectivity index (χ2n) is 12.2. The van der Waals surface area contributed by atoms with E-state index >= 15 is 0 Å². The number of anilines is 4. The average molecular weight is 827 g/mol. The molecule has 4 aromatic carbocycles. The molecule has 6 rings (SSSR count). The number of carbonyl (C=O) groups is 2. The second kappa shape index (κ2) is 16.9. The molecule has 0 aliphatic carbocycles. The Morgan fingerprint density at radius 3 is 1.21 bits per heavy atom. The molecule has 0 saturated carbocycles. The zero-order chi connectivity index (χ0) is 40.0. The van der Waals surface area contributed by atoms with Crippen LogP contribution in [0.25, 0.3) is 0 Å². The summed E-state index contributed by atoms with van der Waals surface area (Å²) in [6.07, 6.45) is 0. The van der Waals surface area contributed by atoms with Gasteiger partial charge in [0, 0.05) is 44.7 Å². The van der Waals surface area contributed by atoms with Crippen LogP contribution in [0.5, 0.6) is 0 Å². The van der Waals surface area contributed by atoms with E-state index in [2.05, 4.69) is 40.0 Å². The Morgan fingerprint density at radius 1 is 0.500 bits per heavy atom. The summed E-state index contributed by atoms with van der Waals surface area (Å²) in [5, 5.41) is 5.64. The predicted octanol–water partition coefficient (Wildman–Crippen LogP) is 7.41. The van der Waals surface area contributed by atoms with Crippen molar-refractivity contribution < 1.29 is 26.4 Å². The molecule has 2 heterocycles. The molecule has 2 aromatic heterocycles. The zero-order valence-corrected chi connectivity index (χ0v) is 33.5. The predicted molar refractivity (Wildman–Crippen MR) is 218 cm³/mol. The molecule has 0 bridgehead atoms. The topological polar surface area (TPSA) is 202 Å². The lowest BCUT2D eigenvalue weighted by atomic mass is 10.2. The lowest BCUT2D eigenvalue weighted by Crippen LogP contribution is -2.16. The molecule has 18 heteroatoms. The third kappa shape index (κ3) is 10.1. The molecule has 14 nitrogen and oxygen atoms in total. The Labute approximate surface area is 331 Å². The summed E-state index contributed by atoms with van der Waals surface area (Å²) in [6, 6.07) is 28.5. The molecule has 6 aromatic rings. The number of hydrogen-bond acceptors (Lipinski definition) is 12. The number of sulfonamides is 2. The third-order valence-corrected chi connectivity index (χ3v) is 13.0. The molecule has 0 aliphatic heterocycles. The fourth-order valence-corrected chi connectivity index (χ4v) is 9.65. The number of rotatable bonds is 13. The first-order valence-electron chi connectivity index (χ1n) is 16.7. The Balaban J connectivity index is 1.09. The van der Waals surface area contributed by atoms with Gasteiger partial charge in [0.05, 0.1) is 20.9 Å². The fourth-order valence-electron chi connectivity index (χ4n) is 5.31. The Morgan fingerprint density at radius 2 is 0.857 bits per heavy atom. The zero-order valence-electron chi connectivity index (χ0n) is 30.3. The minimum atomic E-state index is -3.95. The number of benzene rings is 4. The Kier molecular flexibility index (Phi) is 12.0. The Bertz CT molecular complexity index is 2440. The number of aromatic nitrogens is 4. The first-order valence-corrected chi connectivity index (χ1v) is 21.8. The summed E-state index contributed by atoms with van der Waals surface area (Å²) in [5.74, 6) is 0.348. The minimum Gasteiger partial charge on any atom is -0.322 e. The van der Waals surface area contributed by atoms with Crippen LogP contribution < -0.4 is 20.1 Å². The van der Waals surface area contributed by atoms with E-state index in [9.17, 15) is 26.4 Å². The number of nitrogens with zero attached hydrogens (tertiary/aromatic N) is 4. The van der Waals surface area contributed by atoms with Gasteiger partial charge in [-0.15, -0.1) is 0 Å². The van der Waals surface area contributed by atoms with E-state index in [1.165, 1.54) is 82.3 Å². The summed E-state index contributed by atoms with van der Waals surface area (Å²) < 4.78 is 56.8. The van der Waals surface area contributed by atoms with Crippen LogP contribution in [0.2, 0.25) is 0 Å². The molecule has 56 heavy (non-hydrogen) atoms. The summed E-state index contributed by atoms with van der Waals surface area (Å²) >= 11 is 0. The molecule has 0 unspecified atom stereocenters. The summed E-state index contributed by atoms with van der Waals surface area (Å²) in [6.45, 7) is 6.82. The van der Waals surface area contributed by atoms with Gasteiger partial charge in [0.15, 0.2) is 0 Å². The van der Waals surface area contributed by atoms with Crippen molar-refractivity contribution in [3.05, 3.63) is 143 Å². The van der Waals surface area contributed by atoms with Crippen molar-refractivity contribution in [3.63, 3.8) is 0 Å². The van der Waals surface area contributed by atoms with Crippen LogP contribution in [0.15, 0.2) is 129 Å². The van der Waals surface area contributed by atoms with E-state index < -0.39 is 31.9 Å². The van der Waals surface area contributed by atoms with Crippen LogP contribution in [0.3, 0.4) is 0 Å². The normalized spacial score (nSPS) is 11.4. The van der Waals surface area contributed by atoms with Gasteiger partial charge in [-0.3, -0.25) is 19.0 Å². The van der Waals surface area contributed by atoms with E-state index in [0.717, 1.165) is 0 Å². The lowest BCUT2D eigenvalue weighted by Gasteiger charge is -2.13. The maximum Gasteiger partial charge on any atom is 0.263 e. The highest BCUT2D eigenvalue weighted by Crippen LogP contribution is 2.41. The highest BCUT2D eigenvalue weighted by Gasteiger charge is 2.20. The van der Waals surface area contributed by atoms with Crippen molar-refractivity contribution in [2.24, 2.45) is 0 Å². The van der Waals surface area contributed by atoms with E-state index in [4.69, 9.17) is 0 Å². The van der Waals surface area contributed by atoms with Gasteiger partial charge in [0.1, 0.15) is 23.3 Å². The van der Waals surface area contributed by atoms with E-state index in [-0.39, 0.29) is 21.4 Å². The van der Waals surface area contributed by atoms with Crippen molar-refractivity contribution in [3.8, 4) is 0 Å². The van der Waals surface area contributed by atoms with Gasteiger partial charge in [-0.2, -0.15) is 0 Å². The molecule has 0 atom stereocenters. The van der Waals surface area contributed by atoms with Crippen molar-refractivity contribution in [2.45, 2.75) is 47.3 Å². The highest BCUT2D eigenvalue weighted by molar-refractivity contribution is 8.76. The van der Waals surface area contributed by atoms with Gasteiger partial charge in [-0.25, -0.2) is 36.8 Å². The minimum absolute atomic E-state index is 0.0124. The molecule has 2 amide bonds. The summed E-state index contributed by atoms with van der Waals surface area (Å²) in [7, 11) is -5.32. The molecule has 4 N–H and O–H groups in total. The number of hydrogen-bond donors (Lipinski definition) is 4. The van der Waals surface area contributed by atoms with Crippen LogP contribution in [0.4, 0.5) is 23.0 Å². The average Bonchev–Trinajstić information content (AvgIpc) is 3.13.